The van der Waals surface area contributed by atoms with E-state index in [9.17, 15) is 0 Å². The molecule has 0 unspecified atom stereocenters. The summed E-state index contributed by atoms with van der Waals surface area (Å²) in [4.78, 5) is 19.0. The number of H-pyrrole nitrogens is 1. The molecule has 2 aromatic rings. The number of nitrogens with one attached hydrogen (secondary N) is 2. The fraction of sp³-hybridized carbons (Fsp3) is 0.667. The number of hydrogen-bond donors (Lipinski definition) is 2. The molecule has 6 nitrogen and oxygen atoms in total. The molecule has 2 aromatic heterocycles. The Labute approximate surface area is 125 Å². The van der Waals surface area contributed by atoms with Crippen molar-refractivity contribution >= 4 is 22.9 Å². The largest absolute Gasteiger partial charge is 0.355 e. The highest BCUT2D eigenvalue weighted by Crippen LogP contribution is 2.30. The lowest BCUT2D eigenvalue weighted by molar-refractivity contribution is 0.318. The predicted molar refractivity (Wildman–Crippen MR) is 85.7 cm³/mol. The quantitative estimate of drug-likeness (QED) is 0.820. The lowest BCUT2D eigenvalue weighted by atomic mass is 9.85. The first kappa shape index (κ1) is 14.1. The molecule has 0 aliphatic heterocycles. The Morgan fingerprint density at radius 1 is 1.33 bits per heavy atom. The van der Waals surface area contributed by atoms with E-state index in [0.29, 0.717) is 5.95 Å². The molecule has 2 heterocycles. The molecule has 3 rings (SSSR count). The van der Waals surface area contributed by atoms with Gasteiger partial charge in [-0.05, 0) is 32.1 Å². The van der Waals surface area contributed by atoms with E-state index in [1.165, 1.54) is 19.3 Å². The van der Waals surface area contributed by atoms with E-state index in [0.717, 1.165) is 49.0 Å². The van der Waals surface area contributed by atoms with E-state index >= 15 is 0 Å². The van der Waals surface area contributed by atoms with E-state index in [1.54, 1.807) is 6.33 Å². The molecule has 0 spiro atoms. The maximum atomic E-state index is 4.73. The van der Waals surface area contributed by atoms with Crippen molar-refractivity contribution in [2.75, 3.05) is 29.9 Å². The molecule has 21 heavy (non-hydrogen) atoms. The molecule has 0 atom stereocenters. The van der Waals surface area contributed by atoms with Crippen LogP contribution in [-0.2, 0) is 0 Å². The standard InChI is InChI=1S/C15H24N6/c1-3-8-16-15-19-13-12(17-10-18-13)14(20-15)21(4-2)9-11-6-5-7-11/h10-11H,3-9H2,1-2H3,(H2,16,17,18,19,20). The van der Waals surface area contributed by atoms with Gasteiger partial charge >= 0.3 is 0 Å². The Hall–Kier alpha value is -1.85. The van der Waals surface area contributed by atoms with Crippen LogP contribution in [0.15, 0.2) is 6.33 Å². The van der Waals surface area contributed by atoms with Gasteiger partial charge in [0, 0.05) is 19.6 Å². The Kier molecular flexibility index (Phi) is 4.22. The molecule has 6 heteroatoms. The van der Waals surface area contributed by atoms with Gasteiger partial charge < -0.3 is 15.2 Å². The number of aromatic nitrogens is 4. The molecule has 0 saturated heterocycles. The molecule has 114 valence electrons. The lowest BCUT2D eigenvalue weighted by Gasteiger charge is -2.32. The van der Waals surface area contributed by atoms with Gasteiger partial charge in [0.25, 0.3) is 0 Å². The first-order chi connectivity index (χ1) is 10.3. The van der Waals surface area contributed by atoms with E-state index in [2.05, 4.69) is 39.0 Å². The molecule has 0 amide bonds. The number of anilines is 2. The van der Waals surface area contributed by atoms with Crippen LogP contribution in [0.4, 0.5) is 11.8 Å². The lowest BCUT2D eigenvalue weighted by Crippen LogP contribution is -2.33. The number of aromatic amines is 1. The summed E-state index contributed by atoms with van der Waals surface area (Å²) in [6.07, 6.45) is 6.80. The molecule has 0 aromatic carbocycles. The second-order valence-corrected chi connectivity index (χ2v) is 5.73. The van der Waals surface area contributed by atoms with Crippen molar-refractivity contribution < 1.29 is 0 Å². The van der Waals surface area contributed by atoms with Gasteiger partial charge in [0.2, 0.25) is 5.95 Å². The minimum Gasteiger partial charge on any atom is -0.355 e. The predicted octanol–water partition coefficient (Wildman–Crippen LogP) is 2.80. The van der Waals surface area contributed by atoms with E-state index in [1.807, 2.05) is 0 Å². The van der Waals surface area contributed by atoms with Gasteiger partial charge in [-0.15, -0.1) is 0 Å². The van der Waals surface area contributed by atoms with Gasteiger partial charge in [0.05, 0.1) is 6.33 Å². The molecular formula is C15H24N6. The number of imidazole rings is 1. The molecule has 0 bridgehead atoms. The van der Waals surface area contributed by atoms with Crippen LogP contribution in [-0.4, -0.2) is 39.6 Å². The SMILES string of the molecule is CCCNc1nc(N(CC)CC2CCC2)c2[nH]cnc2n1. The molecule has 1 saturated carbocycles. The zero-order chi connectivity index (χ0) is 14.7. The van der Waals surface area contributed by atoms with Gasteiger partial charge in [-0.3, -0.25) is 0 Å². The molecule has 2 N–H and O–H groups in total. The topological polar surface area (TPSA) is 69.7 Å². The van der Waals surface area contributed by atoms with Crippen molar-refractivity contribution in [1.29, 1.82) is 0 Å². The highest BCUT2D eigenvalue weighted by molar-refractivity contribution is 5.84. The van der Waals surface area contributed by atoms with Crippen molar-refractivity contribution in [3.8, 4) is 0 Å². The Balaban J connectivity index is 1.91. The molecular weight excluding hydrogens is 264 g/mol. The van der Waals surface area contributed by atoms with E-state index < -0.39 is 0 Å². The minimum atomic E-state index is 0.679. The smallest absolute Gasteiger partial charge is 0.226 e. The van der Waals surface area contributed by atoms with Crippen molar-refractivity contribution in [3.63, 3.8) is 0 Å². The summed E-state index contributed by atoms with van der Waals surface area (Å²) in [7, 11) is 0. The van der Waals surface area contributed by atoms with Gasteiger partial charge in [-0.2, -0.15) is 9.97 Å². The number of nitrogens with zero attached hydrogens (tertiary/aromatic N) is 4. The first-order valence-corrected chi connectivity index (χ1v) is 8.01. The first-order valence-electron chi connectivity index (χ1n) is 8.01. The van der Waals surface area contributed by atoms with Crippen LogP contribution in [0.3, 0.4) is 0 Å². The third-order valence-electron chi connectivity index (χ3n) is 4.18. The summed E-state index contributed by atoms with van der Waals surface area (Å²) >= 11 is 0. The van der Waals surface area contributed by atoms with Crippen LogP contribution in [0, 0.1) is 5.92 Å². The number of rotatable bonds is 7. The summed E-state index contributed by atoms with van der Waals surface area (Å²) in [5.74, 6) is 2.47. The van der Waals surface area contributed by atoms with Crippen molar-refractivity contribution in [2.24, 2.45) is 5.92 Å². The molecule has 1 aliphatic carbocycles. The Morgan fingerprint density at radius 3 is 2.86 bits per heavy atom. The van der Waals surface area contributed by atoms with Crippen molar-refractivity contribution in [2.45, 2.75) is 39.5 Å². The van der Waals surface area contributed by atoms with Crippen LogP contribution < -0.4 is 10.2 Å². The van der Waals surface area contributed by atoms with Gasteiger partial charge in [0.1, 0.15) is 5.52 Å². The fourth-order valence-electron chi connectivity index (χ4n) is 2.71. The normalized spacial score (nSPS) is 15.1. The maximum absolute atomic E-state index is 4.73. The van der Waals surface area contributed by atoms with E-state index in [-0.39, 0.29) is 0 Å². The highest BCUT2D eigenvalue weighted by atomic mass is 15.2. The number of hydrogen-bond acceptors (Lipinski definition) is 5. The number of fused-ring (bicyclic) bond motifs is 1. The van der Waals surface area contributed by atoms with Crippen LogP contribution in [0.5, 0.6) is 0 Å². The highest BCUT2D eigenvalue weighted by Gasteiger charge is 2.23. The van der Waals surface area contributed by atoms with Crippen LogP contribution in [0.25, 0.3) is 11.2 Å². The second-order valence-electron chi connectivity index (χ2n) is 5.73. The van der Waals surface area contributed by atoms with Crippen molar-refractivity contribution in [3.05, 3.63) is 6.33 Å². The Bertz CT molecular complexity index is 589. The summed E-state index contributed by atoms with van der Waals surface area (Å²) < 4.78 is 0. The molecule has 0 radical (unpaired) electrons. The molecule has 1 fully saturated rings. The third-order valence-corrected chi connectivity index (χ3v) is 4.18. The second kappa shape index (κ2) is 6.28. The van der Waals surface area contributed by atoms with Gasteiger partial charge in [0.15, 0.2) is 11.5 Å². The summed E-state index contributed by atoms with van der Waals surface area (Å²) in [6, 6.07) is 0. The van der Waals surface area contributed by atoms with Crippen LogP contribution in [0.1, 0.15) is 39.5 Å². The monoisotopic (exact) mass is 288 g/mol. The van der Waals surface area contributed by atoms with Gasteiger partial charge in [-0.25, -0.2) is 4.98 Å². The summed E-state index contributed by atoms with van der Waals surface area (Å²) in [6.45, 7) is 7.23. The van der Waals surface area contributed by atoms with E-state index in [4.69, 9.17) is 4.98 Å². The average Bonchev–Trinajstić information content (AvgIpc) is 2.92. The average molecular weight is 288 g/mol. The fourth-order valence-corrected chi connectivity index (χ4v) is 2.71. The van der Waals surface area contributed by atoms with Gasteiger partial charge in [-0.1, -0.05) is 13.3 Å². The maximum Gasteiger partial charge on any atom is 0.226 e. The third kappa shape index (κ3) is 2.94. The zero-order valence-corrected chi connectivity index (χ0v) is 12.9. The van der Waals surface area contributed by atoms with Crippen LogP contribution in [0.2, 0.25) is 0 Å². The summed E-state index contributed by atoms with van der Waals surface area (Å²) in [5, 5.41) is 3.27. The molecule has 1 aliphatic rings. The van der Waals surface area contributed by atoms with Crippen molar-refractivity contribution in [1.82, 2.24) is 19.9 Å². The zero-order valence-electron chi connectivity index (χ0n) is 12.9. The summed E-state index contributed by atoms with van der Waals surface area (Å²) in [5.41, 5.74) is 1.68. The van der Waals surface area contributed by atoms with Crippen LogP contribution >= 0.6 is 0 Å². The Morgan fingerprint density at radius 2 is 2.19 bits per heavy atom. The minimum absolute atomic E-state index is 0.679.